The van der Waals surface area contributed by atoms with Gasteiger partial charge in [-0.3, -0.25) is 14.2 Å². The van der Waals surface area contributed by atoms with Crippen LogP contribution in [0.25, 0.3) is 0 Å². The maximum absolute atomic E-state index is 12.6. The number of nitrogens with one attached hydrogen (secondary N) is 2. The Labute approximate surface area is 141 Å². The van der Waals surface area contributed by atoms with Gasteiger partial charge in [-0.05, 0) is 49.9 Å². The lowest BCUT2D eigenvalue weighted by atomic mass is 10.1. The molecule has 1 aromatic heterocycles. The quantitative estimate of drug-likeness (QED) is 0.860. The largest absolute Gasteiger partial charge is 0.349 e. The van der Waals surface area contributed by atoms with Crippen LogP contribution in [0.3, 0.4) is 0 Å². The van der Waals surface area contributed by atoms with Crippen molar-refractivity contribution in [3.05, 3.63) is 41.1 Å². The third-order valence-electron chi connectivity index (χ3n) is 4.12. The Morgan fingerprint density at radius 3 is 2.58 bits per heavy atom. The summed E-state index contributed by atoms with van der Waals surface area (Å²) in [6.45, 7) is 3.77. The molecule has 0 atom stereocenters. The van der Waals surface area contributed by atoms with Gasteiger partial charge in [-0.2, -0.15) is 5.10 Å². The highest BCUT2D eigenvalue weighted by molar-refractivity contribution is 7.92. The maximum Gasteiger partial charge on any atom is 0.263 e. The average Bonchev–Trinajstić information content (AvgIpc) is 3.25. The first-order valence-corrected chi connectivity index (χ1v) is 9.19. The number of aryl methyl sites for hydroxylation is 3. The van der Waals surface area contributed by atoms with E-state index in [1.54, 1.807) is 25.2 Å². The molecule has 1 heterocycles. The first-order valence-electron chi connectivity index (χ1n) is 7.71. The predicted molar refractivity (Wildman–Crippen MR) is 90.4 cm³/mol. The molecule has 1 aliphatic carbocycles. The molecule has 3 rings (SSSR count). The summed E-state index contributed by atoms with van der Waals surface area (Å²) in [5, 5.41) is 6.84. The molecule has 7 nitrogen and oxygen atoms in total. The van der Waals surface area contributed by atoms with Crippen LogP contribution in [0.4, 0.5) is 5.82 Å². The van der Waals surface area contributed by atoms with E-state index in [1.807, 2.05) is 13.8 Å². The number of rotatable bonds is 5. The molecule has 24 heavy (non-hydrogen) atoms. The second kappa shape index (κ2) is 5.94. The number of carbonyl (C=O) groups excluding carboxylic acids is 1. The molecule has 1 saturated carbocycles. The highest BCUT2D eigenvalue weighted by Gasteiger charge is 2.27. The van der Waals surface area contributed by atoms with Crippen LogP contribution in [0, 0.1) is 13.8 Å². The number of amides is 1. The zero-order chi connectivity index (χ0) is 17.5. The van der Waals surface area contributed by atoms with E-state index in [2.05, 4.69) is 15.1 Å². The molecule has 0 saturated heterocycles. The molecule has 0 bridgehead atoms. The highest BCUT2D eigenvalue weighted by atomic mass is 32.2. The van der Waals surface area contributed by atoms with E-state index in [9.17, 15) is 13.2 Å². The molecule has 0 unspecified atom stereocenters. The van der Waals surface area contributed by atoms with Gasteiger partial charge in [0.15, 0.2) is 5.82 Å². The first-order chi connectivity index (χ1) is 11.3. The van der Waals surface area contributed by atoms with Crippen molar-refractivity contribution >= 4 is 21.7 Å². The van der Waals surface area contributed by atoms with Gasteiger partial charge in [0.05, 0.1) is 11.1 Å². The van der Waals surface area contributed by atoms with Crippen LogP contribution in [-0.2, 0) is 17.1 Å². The summed E-state index contributed by atoms with van der Waals surface area (Å²) in [7, 11) is -2.22. The van der Waals surface area contributed by atoms with Crippen LogP contribution in [0.2, 0.25) is 0 Å². The Morgan fingerprint density at radius 2 is 1.96 bits per heavy atom. The number of aromatic nitrogens is 2. The summed E-state index contributed by atoms with van der Waals surface area (Å²) in [6.07, 6.45) is 3.28. The third kappa shape index (κ3) is 3.28. The second-order valence-electron chi connectivity index (χ2n) is 6.13. The summed E-state index contributed by atoms with van der Waals surface area (Å²) < 4.78 is 29.1. The van der Waals surface area contributed by atoms with Gasteiger partial charge >= 0.3 is 0 Å². The van der Waals surface area contributed by atoms with E-state index in [-0.39, 0.29) is 28.2 Å². The fourth-order valence-corrected chi connectivity index (χ4v) is 3.48. The summed E-state index contributed by atoms with van der Waals surface area (Å²) in [4.78, 5) is 12.4. The minimum absolute atomic E-state index is 0.153. The number of hydrogen-bond acceptors (Lipinski definition) is 4. The summed E-state index contributed by atoms with van der Waals surface area (Å²) in [5.41, 5.74) is 2.12. The van der Waals surface area contributed by atoms with Gasteiger partial charge in [-0.1, -0.05) is 6.07 Å². The SMILES string of the molecule is Cc1ccc(S(=O)(=O)Nc2c(C(=O)NC3CC3)cnn2C)cc1C. The number of benzene rings is 1. The van der Waals surface area contributed by atoms with E-state index in [0.717, 1.165) is 24.0 Å². The summed E-state index contributed by atoms with van der Waals surface area (Å²) in [6, 6.07) is 5.10. The Bertz CT molecular complexity index is 898. The zero-order valence-corrected chi connectivity index (χ0v) is 14.6. The number of hydrogen-bond donors (Lipinski definition) is 2. The molecule has 1 aromatic carbocycles. The molecular formula is C16H20N4O3S. The number of anilines is 1. The highest BCUT2D eigenvalue weighted by Crippen LogP contribution is 2.23. The van der Waals surface area contributed by atoms with Crippen molar-refractivity contribution in [2.24, 2.45) is 7.05 Å². The van der Waals surface area contributed by atoms with Gasteiger partial charge in [0.25, 0.3) is 15.9 Å². The van der Waals surface area contributed by atoms with Crippen molar-refractivity contribution < 1.29 is 13.2 Å². The summed E-state index contributed by atoms with van der Waals surface area (Å²) >= 11 is 0. The van der Waals surface area contributed by atoms with Crippen LogP contribution in [-0.4, -0.2) is 30.1 Å². The van der Waals surface area contributed by atoms with Gasteiger partial charge in [-0.25, -0.2) is 8.42 Å². The molecule has 8 heteroatoms. The Hall–Kier alpha value is -2.35. The van der Waals surface area contributed by atoms with Crippen molar-refractivity contribution in [1.29, 1.82) is 0 Å². The normalized spacial score (nSPS) is 14.5. The third-order valence-corrected chi connectivity index (χ3v) is 5.45. The molecule has 2 aromatic rings. The van der Waals surface area contributed by atoms with Crippen LogP contribution >= 0.6 is 0 Å². The molecule has 1 amide bonds. The van der Waals surface area contributed by atoms with E-state index in [4.69, 9.17) is 0 Å². The van der Waals surface area contributed by atoms with E-state index in [1.165, 1.54) is 10.9 Å². The fourth-order valence-electron chi connectivity index (χ4n) is 2.28. The van der Waals surface area contributed by atoms with Gasteiger partial charge in [-0.15, -0.1) is 0 Å². The van der Waals surface area contributed by atoms with Crippen molar-refractivity contribution in [1.82, 2.24) is 15.1 Å². The molecule has 0 aliphatic heterocycles. The van der Waals surface area contributed by atoms with Crippen molar-refractivity contribution in [2.75, 3.05) is 4.72 Å². The minimum Gasteiger partial charge on any atom is -0.349 e. The average molecular weight is 348 g/mol. The topological polar surface area (TPSA) is 93.1 Å². The first kappa shape index (κ1) is 16.5. The van der Waals surface area contributed by atoms with E-state index >= 15 is 0 Å². The zero-order valence-electron chi connectivity index (χ0n) is 13.8. The van der Waals surface area contributed by atoms with Gasteiger partial charge in [0.1, 0.15) is 5.56 Å². The predicted octanol–water partition coefficient (Wildman–Crippen LogP) is 1.73. The molecule has 1 fully saturated rings. The standard InChI is InChI=1S/C16H20N4O3S/c1-10-4-7-13(8-11(10)2)24(22,23)19-15-14(9-17-20(15)3)16(21)18-12-5-6-12/h4,7-9,12,19H,5-6H2,1-3H3,(H,18,21). The molecule has 0 spiro atoms. The Kier molecular flexibility index (Phi) is 4.08. The number of sulfonamides is 1. The molecule has 1 aliphatic rings. The Morgan fingerprint density at radius 1 is 1.25 bits per heavy atom. The second-order valence-corrected chi connectivity index (χ2v) is 7.81. The smallest absolute Gasteiger partial charge is 0.263 e. The van der Waals surface area contributed by atoms with E-state index in [0.29, 0.717) is 0 Å². The van der Waals surface area contributed by atoms with Crippen LogP contribution in [0.5, 0.6) is 0 Å². The molecule has 0 radical (unpaired) electrons. The lowest BCUT2D eigenvalue weighted by Crippen LogP contribution is -2.27. The lowest BCUT2D eigenvalue weighted by molar-refractivity contribution is 0.0952. The van der Waals surface area contributed by atoms with Crippen molar-refractivity contribution in [3.63, 3.8) is 0 Å². The van der Waals surface area contributed by atoms with Crippen LogP contribution in [0.15, 0.2) is 29.3 Å². The fraction of sp³-hybridized carbons (Fsp3) is 0.375. The van der Waals surface area contributed by atoms with Crippen LogP contribution in [0.1, 0.15) is 34.3 Å². The molecule has 2 N–H and O–H groups in total. The molecule has 128 valence electrons. The summed E-state index contributed by atoms with van der Waals surface area (Å²) in [5.74, 6) is -0.158. The van der Waals surface area contributed by atoms with Crippen LogP contribution < -0.4 is 10.0 Å². The minimum atomic E-state index is -3.80. The maximum atomic E-state index is 12.6. The van der Waals surface area contributed by atoms with Crippen molar-refractivity contribution in [3.8, 4) is 0 Å². The molecular weight excluding hydrogens is 328 g/mol. The number of nitrogens with zero attached hydrogens (tertiary/aromatic N) is 2. The van der Waals surface area contributed by atoms with E-state index < -0.39 is 10.0 Å². The van der Waals surface area contributed by atoms with Gasteiger partial charge in [0, 0.05) is 13.1 Å². The number of carbonyl (C=O) groups is 1. The van der Waals surface area contributed by atoms with Gasteiger partial charge in [0.2, 0.25) is 0 Å². The van der Waals surface area contributed by atoms with Crippen molar-refractivity contribution in [2.45, 2.75) is 37.6 Å². The Balaban J connectivity index is 1.90. The lowest BCUT2D eigenvalue weighted by Gasteiger charge is -2.12. The van der Waals surface area contributed by atoms with Gasteiger partial charge < -0.3 is 5.32 Å². The monoisotopic (exact) mass is 348 g/mol.